The van der Waals surface area contributed by atoms with Crippen LogP contribution in [0.1, 0.15) is 60.3 Å². The first-order valence-corrected chi connectivity index (χ1v) is 12.5. The molecule has 1 fully saturated rings. The van der Waals surface area contributed by atoms with Crippen molar-refractivity contribution in [1.82, 2.24) is 0 Å². The molecule has 0 aromatic carbocycles. The van der Waals surface area contributed by atoms with E-state index in [1.807, 2.05) is 6.92 Å². The zero-order valence-electron chi connectivity index (χ0n) is 17.0. The van der Waals surface area contributed by atoms with Crippen molar-refractivity contribution in [3.05, 3.63) is 12.2 Å². The highest BCUT2D eigenvalue weighted by molar-refractivity contribution is 6.74. The van der Waals surface area contributed by atoms with E-state index in [0.717, 1.165) is 6.42 Å². The molecule has 144 valence electrons. The molecule has 1 N–H and O–H groups in total. The highest BCUT2D eigenvalue weighted by Gasteiger charge is 2.42. The lowest BCUT2D eigenvalue weighted by Crippen LogP contribution is -2.46. The minimum Gasteiger partial charge on any atom is -0.462 e. The molecular formula is C20H36O4Si. The largest absolute Gasteiger partial charge is 0.462 e. The van der Waals surface area contributed by atoms with Gasteiger partial charge in [0, 0.05) is 12.3 Å². The summed E-state index contributed by atoms with van der Waals surface area (Å²) in [5.41, 5.74) is -0.840. The maximum Gasteiger partial charge on any atom is 0.306 e. The van der Waals surface area contributed by atoms with E-state index in [-0.39, 0.29) is 35.1 Å². The van der Waals surface area contributed by atoms with E-state index in [9.17, 15) is 9.90 Å². The fourth-order valence-electron chi connectivity index (χ4n) is 3.43. The molecule has 0 spiro atoms. The highest BCUT2D eigenvalue weighted by atomic mass is 28.4. The molecule has 25 heavy (non-hydrogen) atoms. The molecule has 4 nitrogen and oxygen atoms in total. The summed E-state index contributed by atoms with van der Waals surface area (Å²) in [6.07, 6.45) is 6.58. The topological polar surface area (TPSA) is 55.8 Å². The first-order valence-electron chi connectivity index (χ1n) is 9.59. The Hall–Kier alpha value is -0.653. The molecule has 2 rings (SSSR count). The van der Waals surface area contributed by atoms with Gasteiger partial charge in [-0.2, -0.15) is 0 Å². The average molecular weight is 369 g/mol. The second kappa shape index (κ2) is 7.16. The zero-order chi connectivity index (χ0) is 19.0. The fourth-order valence-corrected chi connectivity index (χ4v) is 4.87. The third-order valence-corrected chi connectivity index (χ3v) is 10.8. The maximum atomic E-state index is 11.7. The predicted octanol–water partition coefficient (Wildman–Crippen LogP) is 4.44. The van der Waals surface area contributed by atoms with Crippen LogP contribution in [0.15, 0.2) is 12.2 Å². The van der Waals surface area contributed by atoms with Gasteiger partial charge in [0.2, 0.25) is 0 Å². The van der Waals surface area contributed by atoms with Crippen LogP contribution in [0.5, 0.6) is 0 Å². The second-order valence-electron chi connectivity index (χ2n) is 9.80. The van der Waals surface area contributed by atoms with Crippen molar-refractivity contribution in [2.75, 3.05) is 0 Å². The Labute approximate surface area is 154 Å². The molecule has 0 saturated carbocycles. The minimum atomic E-state index is -1.88. The third kappa shape index (κ3) is 5.17. The molecule has 0 amide bonds. The van der Waals surface area contributed by atoms with Gasteiger partial charge in [-0.3, -0.25) is 4.79 Å². The van der Waals surface area contributed by atoms with Gasteiger partial charge in [0.05, 0.1) is 18.1 Å². The van der Waals surface area contributed by atoms with Gasteiger partial charge in [0.1, 0.15) is 6.10 Å². The molecule has 0 aromatic heterocycles. The summed E-state index contributed by atoms with van der Waals surface area (Å²) in [6, 6.07) is 0. The summed E-state index contributed by atoms with van der Waals surface area (Å²) in [5.74, 6) is 0.156. The molecule has 0 radical (unpaired) electrons. The van der Waals surface area contributed by atoms with Gasteiger partial charge in [0.15, 0.2) is 8.32 Å². The van der Waals surface area contributed by atoms with Gasteiger partial charge in [-0.1, -0.05) is 39.8 Å². The molecule has 2 aliphatic rings. The van der Waals surface area contributed by atoms with Crippen molar-refractivity contribution in [2.24, 2.45) is 11.8 Å². The minimum absolute atomic E-state index is 0.0630. The Bertz CT molecular complexity index is 518. The number of hydrogen-bond acceptors (Lipinski definition) is 4. The Balaban J connectivity index is 2.22. The van der Waals surface area contributed by atoms with Crippen LogP contribution in [0.25, 0.3) is 0 Å². The number of aliphatic hydroxyl groups is 1. The van der Waals surface area contributed by atoms with E-state index in [1.54, 1.807) is 0 Å². The van der Waals surface area contributed by atoms with E-state index in [2.05, 4.69) is 52.9 Å². The van der Waals surface area contributed by atoms with Crippen molar-refractivity contribution < 1.29 is 19.1 Å². The van der Waals surface area contributed by atoms with Gasteiger partial charge >= 0.3 is 5.97 Å². The van der Waals surface area contributed by atoms with E-state index in [0.29, 0.717) is 19.3 Å². The van der Waals surface area contributed by atoms with Crippen molar-refractivity contribution in [2.45, 2.75) is 96.2 Å². The summed E-state index contributed by atoms with van der Waals surface area (Å²) in [7, 11) is -1.88. The number of esters is 1. The molecule has 5 heteroatoms. The summed E-state index contributed by atoms with van der Waals surface area (Å²) in [5, 5.41) is 11.0. The van der Waals surface area contributed by atoms with Crippen LogP contribution in [-0.2, 0) is 14.0 Å². The Kier molecular flexibility index (Phi) is 5.92. The van der Waals surface area contributed by atoms with Crippen molar-refractivity contribution in [3.63, 3.8) is 0 Å². The van der Waals surface area contributed by atoms with Gasteiger partial charge in [0.25, 0.3) is 0 Å². The van der Waals surface area contributed by atoms with Crippen molar-refractivity contribution in [1.29, 1.82) is 0 Å². The number of carbonyl (C=O) groups is 1. The SMILES string of the molecule is C[C@@H]1C=C[C@@H]2CC(=O)O[C@@H]2C[C@@](C)(O)CC[C@@H]1O[Si](C)(C)C(C)(C)C. The number of rotatable bonds is 2. The monoisotopic (exact) mass is 368 g/mol. The molecule has 1 aliphatic heterocycles. The highest BCUT2D eigenvalue weighted by Crippen LogP contribution is 2.40. The van der Waals surface area contributed by atoms with Crippen LogP contribution < -0.4 is 0 Å². The average Bonchev–Trinajstić information content (AvgIpc) is 2.78. The van der Waals surface area contributed by atoms with Crippen LogP contribution in [0.2, 0.25) is 18.1 Å². The Morgan fingerprint density at radius 2 is 1.96 bits per heavy atom. The summed E-state index contributed by atoms with van der Waals surface area (Å²) < 4.78 is 12.1. The number of carbonyl (C=O) groups excluding carboxylic acids is 1. The molecule has 1 heterocycles. The summed E-state index contributed by atoms with van der Waals surface area (Å²) >= 11 is 0. The maximum absolute atomic E-state index is 11.7. The van der Waals surface area contributed by atoms with Crippen molar-refractivity contribution >= 4 is 14.3 Å². The number of ether oxygens (including phenoxy) is 1. The van der Waals surface area contributed by atoms with Crippen LogP contribution in [0.4, 0.5) is 0 Å². The molecule has 1 aliphatic carbocycles. The molecule has 0 unspecified atom stereocenters. The normalized spacial score (nSPS) is 37.5. The number of fused-ring (bicyclic) bond motifs is 1. The quantitative estimate of drug-likeness (QED) is 0.445. The lowest BCUT2D eigenvalue weighted by atomic mass is 9.83. The van der Waals surface area contributed by atoms with Crippen LogP contribution in [-0.4, -0.2) is 37.2 Å². The van der Waals surface area contributed by atoms with Crippen molar-refractivity contribution in [3.8, 4) is 0 Å². The predicted molar refractivity (Wildman–Crippen MR) is 103 cm³/mol. The second-order valence-corrected chi connectivity index (χ2v) is 14.6. The molecule has 0 bridgehead atoms. The smallest absolute Gasteiger partial charge is 0.306 e. The first kappa shape index (κ1) is 20.7. The zero-order valence-corrected chi connectivity index (χ0v) is 18.0. The molecule has 1 saturated heterocycles. The van der Waals surface area contributed by atoms with E-state index >= 15 is 0 Å². The number of hydrogen-bond donors (Lipinski definition) is 1. The lowest BCUT2D eigenvalue weighted by Gasteiger charge is -2.41. The molecular weight excluding hydrogens is 332 g/mol. The fraction of sp³-hybridized carbons (Fsp3) is 0.850. The standard InChI is InChI=1S/C20H36O4Si/c1-14-8-9-15-12-18(21)23-17(15)13-20(5,22)11-10-16(14)24-25(6,7)19(2,3)4/h8-9,14-17,22H,10-13H2,1-7H3/t14-,15-,16+,17-,20+/m1/s1. The molecule has 0 aromatic rings. The Morgan fingerprint density at radius 3 is 2.56 bits per heavy atom. The first-order chi connectivity index (χ1) is 11.3. The summed E-state index contributed by atoms with van der Waals surface area (Å²) in [4.78, 5) is 11.7. The van der Waals surface area contributed by atoms with Crippen LogP contribution >= 0.6 is 0 Å². The molecule has 5 atom stereocenters. The van der Waals surface area contributed by atoms with E-state index < -0.39 is 13.9 Å². The van der Waals surface area contributed by atoms with E-state index in [4.69, 9.17) is 9.16 Å². The van der Waals surface area contributed by atoms with Gasteiger partial charge in [-0.15, -0.1) is 0 Å². The summed E-state index contributed by atoms with van der Waals surface area (Å²) in [6.45, 7) is 15.3. The van der Waals surface area contributed by atoms with Crippen LogP contribution in [0, 0.1) is 11.8 Å². The lowest BCUT2D eigenvalue weighted by molar-refractivity contribution is -0.143. The van der Waals surface area contributed by atoms with Gasteiger partial charge < -0.3 is 14.3 Å². The van der Waals surface area contributed by atoms with Gasteiger partial charge in [-0.25, -0.2) is 0 Å². The van der Waals surface area contributed by atoms with E-state index in [1.165, 1.54) is 0 Å². The third-order valence-electron chi connectivity index (χ3n) is 6.27. The Morgan fingerprint density at radius 1 is 1.32 bits per heavy atom. The van der Waals surface area contributed by atoms with Crippen LogP contribution in [0.3, 0.4) is 0 Å². The van der Waals surface area contributed by atoms with Gasteiger partial charge in [-0.05, 0) is 43.8 Å².